The van der Waals surface area contributed by atoms with E-state index in [1.165, 1.54) is 16.6 Å². The second-order valence-corrected chi connectivity index (χ2v) is 9.80. The summed E-state index contributed by atoms with van der Waals surface area (Å²) in [6, 6.07) is 4.91. The number of thiophene rings is 1. The number of carbonyl (C=O) groups excluding carboxylic acids is 1. The third-order valence-electron chi connectivity index (χ3n) is 4.89. The van der Waals surface area contributed by atoms with Gasteiger partial charge in [-0.05, 0) is 49.4 Å². The molecule has 156 valence electrons. The number of aryl methyl sites for hydroxylation is 2. The summed E-state index contributed by atoms with van der Waals surface area (Å²) >= 11 is 14.7. The minimum Gasteiger partial charge on any atom is -0.325 e. The van der Waals surface area contributed by atoms with Gasteiger partial charge in [-0.25, -0.2) is 4.98 Å². The van der Waals surface area contributed by atoms with E-state index in [4.69, 9.17) is 28.2 Å². The number of allylic oxidation sites excluding steroid dienone is 1. The molecule has 1 aromatic carbocycles. The van der Waals surface area contributed by atoms with Crippen molar-refractivity contribution in [1.29, 1.82) is 0 Å². The zero-order chi connectivity index (χ0) is 21.3. The summed E-state index contributed by atoms with van der Waals surface area (Å²) in [6.07, 6.45) is 5.86. The highest BCUT2D eigenvalue weighted by Crippen LogP contribution is 2.34. The number of fused-ring (bicyclic) bond motifs is 3. The van der Waals surface area contributed by atoms with Crippen LogP contribution in [0.2, 0.25) is 10.0 Å². The Morgan fingerprint density at radius 2 is 2.10 bits per heavy atom. The van der Waals surface area contributed by atoms with E-state index < -0.39 is 0 Å². The number of halogens is 2. The average molecular weight is 480 g/mol. The molecule has 1 N–H and O–H groups in total. The van der Waals surface area contributed by atoms with Crippen LogP contribution in [0.15, 0.2) is 40.8 Å². The number of amides is 1. The fourth-order valence-electron chi connectivity index (χ4n) is 3.52. The first kappa shape index (κ1) is 21.4. The Morgan fingerprint density at radius 1 is 1.30 bits per heavy atom. The molecule has 0 bridgehead atoms. The lowest BCUT2D eigenvalue weighted by Crippen LogP contribution is -2.24. The zero-order valence-electron chi connectivity index (χ0n) is 16.0. The molecule has 2 aromatic heterocycles. The number of benzene rings is 1. The number of nitrogens with zero attached hydrogens (tertiary/aromatic N) is 2. The van der Waals surface area contributed by atoms with Crippen molar-refractivity contribution in [3.05, 3.63) is 61.7 Å². The van der Waals surface area contributed by atoms with Crippen LogP contribution in [0.25, 0.3) is 10.2 Å². The minimum absolute atomic E-state index is 0.0494. The first-order valence-electron chi connectivity index (χ1n) is 9.51. The Labute approximate surface area is 192 Å². The Morgan fingerprint density at radius 3 is 2.87 bits per heavy atom. The van der Waals surface area contributed by atoms with Crippen molar-refractivity contribution in [2.24, 2.45) is 0 Å². The topological polar surface area (TPSA) is 64.0 Å². The van der Waals surface area contributed by atoms with Crippen LogP contribution in [0.4, 0.5) is 5.69 Å². The molecule has 30 heavy (non-hydrogen) atoms. The van der Waals surface area contributed by atoms with Crippen LogP contribution < -0.4 is 10.9 Å². The first-order chi connectivity index (χ1) is 14.5. The van der Waals surface area contributed by atoms with Gasteiger partial charge >= 0.3 is 0 Å². The minimum atomic E-state index is -0.219. The molecule has 1 aliphatic rings. The van der Waals surface area contributed by atoms with Crippen molar-refractivity contribution in [2.75, 3.05) is 11.1 Å². The van der Waals surface area contributed by atoms with Crippen LogP contribution in [-0.2, 0) is 24.2 Å². The molecule has 0 atom stereocenters. The second-order valence-electron chi connectivity index (χ2n) is 6.96. The molecular weight excluding hydrogens is 461 g/mol. The highest BCUT2D eigenvalue weighted by atomic mass is 35.5. The largest absolute Gasteiger partial charge is 0.325 e. The van der Waals surface area contributed by atoms with Gasteiger partial charge in [-0.3, -0.25) is 14.2 Å². The Hall–Kier alpha value is -1.80. The van der Waals surface area contributed by atoms with Crippen LogP contribution >= 0.6 is 46.3 Å². The molecule has 0 saturated carbocycles. The summed E-state index contributed by atoms with van der Waals surface area (Å²) in [5.41, 5.74) is 1.67. The van der Waals surface area contributed by atoms with Crippen molar-refractivity contribution in [1.82, 2.24) is 9.55 Å². The van der Waals surface area contributed by atoms with Gasteiger partial charge in [0.2, 0.25) is 5.91 Å². The number of thioether (sulfide) groups is 1. The predicted octanol–water partition coefficient (Wildman–Crippen LogP) is 5.56. The molecule has 1 amide bonds. The maximum absolute atomic E-state index is 13.2. The van der Waals surface area contributed by atoms with Gasteiger partial charge in [-0.15, -0.1) is 17.9 Å². The summed E-state index contributed by atoms with van der Waals surface area (Å²) in [4.78, 5) is 32.4. The summed E-state index contributed by atoms with van der Waals surface area (Å²) in [6.45, 7) is 4.11. The number of carbonyl (C=O) groups is 1. The molecule has 9 heteroatoms. The molecule has 0 radical (unpaired) electrons. The maximum atomic E-state index is 13.2. The molecule has 4 rings (SSSR count). The second kappa shape index (κ2) is 9.14. The highest BCUT2D eigenvalue weighted by molar-refractivity contribution is 7.99. The molecular formula is C21H19Cl2N3O2S2. The van der Waals surface area contributed by atoms with Crippen molar-refractivity contribution >= 4 is 68.1 Å². The summed E-state index contributed by atoms with van der Waals surface area (Å²) < 4.78 is 1.61. The number of nitrogens with one attached hydrogen (secondary N) is 1. The quantitative estimate of drug-likeness (QED) is 0.285. The summed E-state index contributed by atoms with van der Waals surface area (Å²) in [5, 5.41) is 4.84. The zero-order valence-corrected chi connectivity index (χ0v) is 19.2. The molecule has 0 unspecified atom stereocenters. The van der Waals surface area contributed by atoms with Crippen LogP contribution in [0.1, 0.15) is 23.3 Å². The molecule has 3 aromatic rings. The van der Waals surface area contributed by atoms with E-state index >= 15 is 0 Å². The van der Waals surface area contributed by atoms with Gasteiger partial charge in [0.1, 0.15) is 4.83 Å². The van der Waals surface area contributed by atoms with Crippen LogP contribution in [0, 0.1) is 0 Å². The SMILES string of the molecule is C=CCn1c(SCC(=O)Nc2ccc(Cl)c(Cl)c2)nc2sc3c(c2c1=O)CCCC3. The predicted molar refractivity (Wildman–Crippen MR) is 127 cm³/mol. The van der Waals surface area contributed by atoms with Gasteiger partial charge in [-0.1, -0.05) is 41.0 Å². The van der Waals surface area contributed by atoms with Gasteiger partial charge in [0, 0.05) is 17.1 Å². The van der Waals surface area contributed by atoms with E-state index in [2.05, 4.69) is 11.9 Å². The molecule has 1 aliphatic carbocycles. The van der Waals surface area contributed by atoms with Crippen molar-refractivity contribution in [3.8, 4) is 0 Å². The number of aromatic nitrogens is 2. The number of hydrogen-bond acceptors (Lipinski definition) is 5. The fourth-order valence-corrected chi connectivity index (χ4v) is 5.93. The van der Waals surface area contributed by atoms with Crippen LogP contribution in [0.3, 0.4) is 0 Å². The Bertz CT molecular complexity index is 1200. The average Bonchev–Trinajstić information content (AvgIpc) is 3.10. The number of rotatable bonds is 6. The lowest BCUT2D eigenvalue weighted by molar-refractivity contribution is -0.113. The van der Waals surface area contributed by atoms with Crippen molar-refractivity contribution < 1.29 is 4.79 Å². The smallest absolute Gasteiger partial charge is 0.263 e. The van der Waals surface area contributed by atoms with Crippen molar-refractivity contribution in [3.63, 3.8) is 0 Å². The third-order valence-corrected chi connectivity index (χ3v) is 7.79. The van der Waals surface area contributed by atoms with E-state index in [0.717, 1.165) is 41.5 Å². The summed E-state index contributed by atoms with van der Waals surface area (Å²) in [5.74, 6) is -0.108. The van der Waals surface area contributed by atoms with E-state index in [0.29, 0.717) is 27.4 Å². The van der Waals surface area contributed by atoms with Crippen LogP contribution in [0.5, 0.6) is 0 Å². The van der Waals surface area contributed by atoms with Gasteiger partial charge < -0.3 is 5.32 Å². The molecule has 0 aliphatic heterocycles. The lowest BCUT2D eigenvalue weighted by Gasteiger charge is -2.12. The monoisotopic (exact) mass is 479 g/mol. The molecule has 0 fully saturated rings. The van der Waals surface area contributed by atoms with E-state index in [-0.39, 0.29) is 17.2 Å². The van der Waals surface area contributed by atoms with Crippen LogP contribution in [-0.4, -0.2) is 21.2 Å². The molecule has 5 nitrogen and oxygen atoms in total. The van der Waals surface area contributed by atoms with Gasteiger partial charge in [0.25, 0.3) is 5.56 Å². The van der Waals surface area contributed by atoms with E-state index in [1.54, 1.807) is 40.2 Å². The van der Waals surface area contributed by atoms with Gasteiger partial charge in [-0.2, -0.15) is 0 Å². The van der Waals surface area contributed by atoms with Crippen molar-refractivity contribution in [2.45, 2.75) is 37.4 Å². The van der Waals surface area contributed by atoms with Gasteiger partial charge in [0.05, 0.1) is 21.2 Å². The lowest BCUT2D eigenvalue weighted by atomic mass is 9.97. The summed E-state index contributed by atoms with van der Waals surface area (Å²) in [7, 11) is 0. The highest BCUT2D eigenvalue weighted by Gasteiger charge is 2.22. The first-order valence-corrected chi connectivity index (χ1v) is 12.1. The number of anilines is 1. The van der Waals surface area contributed by atoms with Gasteiger partial charge in [0.15, 0.2) is 5.16 Å². The normalized spacial score (nSPS) is 13.3. The van der Waals surface area contributed by atoms with E-state index in [1.807, 2.05) is 0 Å². The Kier molecular flexibility index (Phi) is 6.53. The molecule has 2 heterocycles. The maximum Gasteiger partial charge on any atom is 0.263 e. The standard InChI is InChI=1S/C21H19Cl2N3O2S2/c1-2-9-26-20(28)18-13-5-3-4-6-16(13)30-19(18)25-21(26)29-11-17(27)24-12-7-8-14(22)15(23)10-12/h2,7-8,10H,1,3-6,9,11H2,(H,24,27). The molecule has 0 saturated heterocycles. The Balaban J connectivity index is 1.59. The molecule has 0 spiro atoms. The van der Waals surface area contributed by atoms with E-state index in [9.17, 15) is 9.59 Å². The third kappa shape index (κ3) is 4.30. The number of hydrogen-bond donors (Lipinski definition) is 1. The fraction of sp³-hybridized carbons (Fsp3) is 0.286.